The van der Waals surface area contributed by atoms with Gasteiger partial charge in [0.15, 0.2) is 0 Å². The molecule has 5 heteroatoms. The van der Waals surface area contributed by atoms with Crippen molar-refractivity contribution < 1.29 is 4.79 Å². The lowest BCUT2D eigenvalue weighted by Gasteiger charge is -2.22. The van der Waals surface area contributed by atoms with Gasteiger partial charge in [-0.2, -0.15) is 0 Å². The second kappa shape index (κ2) is 5.26. The second-order valence-corrected chi connectivity index (χ2v) is 3.99. The highest BCUT2D eigenvalue weighted by molar-refractivity contribution is 7.80. The summed E-state index contributed by atoms with van der Waals surface area (Å²) in [4.78, 5) is 13.8. The van der Waals surface area contributed by atoms with Gasteiger partial charge >= 0.3 is 0 Å². The molecule has 1 saturated heterocycles. The fourth-order valence-corrected chi connectivity index (χ4v) is 2.05. The minimum Gasteiger partial charge on any atom is -0.392 e. The smallest absolute Gasteiger partial charge is 0.221 e. The van der Waals surface area contributed by atoms with E-state index in [0.29, 0.717) is 11.4 Å². The zero-order valence-electron chi connectivity index (χ0n) is 8.45. The first kappa shape index (κ1) is 11.4. The van der Waals surface area contributed by atoms with Crippen molar-refractivity contribution in [1.29, 1.82) is 0 Å². The van der Waals surface area contributed by atoms with Gasteiger partial charge in [0.1, 0.15) is 0 Å². The summed E-state index contributed by atoms with van der Waals surface area (Å²) < 4.78 is 0. The molecular formula is C9H17N3OS. The van der Waals surface area contributed by atoms with Crippen LogP contribution in [0.25, 0.3) is 0 Å². The minimum atomic E-state index is 0.0681. The Morgan fingerprint density at radius 3 is 3.00 bits per heavy atom. The van der Waals surface area contributed by atoms with Crippen molar-refractivity contribution in [2.45, 2.75) is 25.3 Å². The van der Waals surface area contributed by atoms with Crippen molar-refractivity contribution in [3.8, 4) is 0 Å². The summed E-state index contributed by atoms with van der Waals surface area (Å²) in [6.07, 6.45) is 2.68. The van der Waals surface area contributed by atoms with Crippen LogP contribution >= 0.6 is 12.2 Å². The molecule has 1 aliphatic heterocycles. The molecule has 3 N–H and O–H groups in total. The zero-order valence-corrected chi connectivity index (χ0v) is 9.27. The fraction of sp³-hybridized carbons (Fsp3) is 0.778. The molecule has 0 saturated carbocycles. The maximum absolute atomic E-state index is 11.0. The molecule has 1 aliphatic rings. The Morgan fingerprint density at radius 2 is 2.43 bits per heavy atom. The molecule has 1 unspecified atom stereocenters. The summed E-state index contributed by atoms with van der Waals surface area (Å²) in [5, 5.41) is 2.60. The quantitative estimate of drug-likeness (QED) is 0.642. The Morgan fingerprint density at radius 1 is 1.71 bits per heavy atom. The molecule has 14 heavy (non-hydrogen) atoms. The normalized spacial score (nSPS) is 22.2. The van der Waals surface area contributed by atoms with Crippen molar-refractivity contribution >= 4 is 23.1 Å². The molecule has 1 rings (SSSR count). The number of carbonyl (C=O) groups excluding carboxylic acids is 1. The van der Waals surface area contributed by atoms with Crippen LogP contribution in [0.5, 0.6) is 0 Å². The van der Waals surface area contributed by atoms with E-state index >= 15 is 0 Å². The summed E-state index contributed by atoms with van der Waals surface area (Å²) in [5.41, 5.74) is 5.62. The van der Waals surface area contributed by atoms with Gasteiger partial charge in [0.05, 0.1) is 11.0 Å². The van der Waals surface area contributed by atoms with Crippen LogP contribution in [0.15, 0.2) is 0 Å². The summed E-state index contributed by atoms with van der Waals surface area (Å²) in [7, 11) is 1.65. The summed E-state index contributed by atoms with van der Waals surface area (Å²) in [6.45, 7) is 1.75. The number of amides is 1. The third-order valence-electron chi connectivity index (χ3n) is 2.60. The molecule has 0 aromatic heterocycles. The molecule has 1 amide bonds. The van der Waals surface area contributed by atoms with Gasteiger partial charge in [-0.3, -0.25) is 9.69 Å². The lowest BCUT2D eigenvalue weighted by Crippen LogP contribution is -2.40. The molecule has 1 atom stereocenters. The highest BCUT2D eigenvalue weighted by atomic mass is 32.1. The van der Waals surface area contributed by atoms with Crippen LogP contribution in [-0.4, -0.2) is 42.0 Å². The molecule has 0 radical (unpaired) electrons. The van der Waals surface area contributed by atoms with Gasteiger partial charge in [-0.15, -0.1) is 0 Å². The van der Waals surface area contributed by atoms with Crippen LogP contribution in [0.4, 0.5) is 0 Å². The Kier molecular flexibility index (Phi) is 4.28. The first-order valence-electron chi connectivity index (χ1n) is 4.89. The van der Waals surface area contributed by atoms with Crippen molar-refractivity contribution in [2.24, 2.45) is 5.73 Å². The van der Waals surface area contributed by atoms with Crippen LogP contribution in [0, 0.1) is 0 Å². The summed E-state index contributed by atoms with van der Waals surface area (Å²) in [6, 6.07) is 0.203. The van der Waals surface area contributed by atoms with Gasteiger partial charge in [0, 0.05) is 20.0 Å². The van der Waals surface area contributed by atoms with Gasteiger partial charge in [0.2, 0.25) is 5.91 Å². The molecule has 0 aromatic carbocycles. The van der Waals surface area contributed by atoms with E-state index in [-0.39, 0.29) is 11.9 Å². The van der Waals surface area contributed by atoms with Crippen LogP contribution < -0.4 is 11.1 Å². The summed E-state index contributed by atoms with van der Waals surface area (Å²) in [5.74, 6) is 0.0681. The Bertz CT molecular complexity index is 232. The van der Waals surface area contributed by atoms with Crippen molar-refractivity contribution in [1.82, 2.24) is 10.2 Å². The molecule has 1 heterocycles. The van der Waals surface area contributed by atoms with Gasteiger partial charge in [0.25, 0.3) is 0 Å². The molecule has 0 aromatic rings. The molecule has 1 fully saturated rings. The molecule has 80 valence electrons. The predicted molar refractivity (Wildman–Crippen MR) is 60.1 cm³/mol. The zero-order chi connectivity index (χ0) is 10.6. The number of carbonyl (C=O) groups is 1. The summed E-state index contributed by atoms with van der Waals surface area (Å²) >= 11 is 4.98. The highest BCUT2D eigenvalue weighted by Crippen LogP contribution is 2.17. The van der Waals surface area contributed by atoms with Crippen molar-refractivity contribution in [2.75, 3.05) is 20.1 Å². The number of hydrogen-bond acceptors (Lipinski definition) is 3. The third-order valence-corrected chi connectivity index (χ3v) is 2.87. The van der Waals surface area contributed by atoms with Gasteiger partial charge in [-0.05, 0) is 19.4 Å². The van der Waals surface area contributed by atoms with E-state index in [1.165, 1.54) is 0 Å². The Balaban J connectivity index is 2.36. The van der Waals surface area contributed by atoms with Gasteiger partial charge in [-0.1, -0.05) is 12.2 Å². The van der Waals surface area contributed by atoms with Gasteiger partial charge in [-0.25, -0.2) is 0 Å². The van der Waals surface area contributed by atoms with E-state index in [1.54, 1.807) is 7.05 Å². The minimum absolute atomic E-state index is 0.0681. The maximum Gasteiger partial charge on any atom is 0.221 e. The second-order valence-electron chi connectivity index (χ2n) is 3.52. The number of likely N-dealkylation sites (tertiary alicyclic amines) is 1. The average molecular weight is 215 g/mol. The first-order chi connectivity index (χ1) is 6.65. The van der Waals surface area contributed by atoms with Crippen LogP contribution in [0.1, 0.15) is 19.3 Å². The van der Waals surface area contributed by atoms with E-state index < -0.39 is 0 Å². The topological polar surface area (TPSA) is 58.4 Å². The lowest BCUT2D eigenvalue weighted by atomic mass is 10.2. The van der Waals surface area contributed by atoms with E-state index in [1.807, 2.05) is 0 Å². The number of thiocarbonyl (C=S) groups is 1. The number of nitrogens with one attached hydrogen (secondary N) is 1. The molecular weight excluding hydrogens is 198 g/mol. The molecule has 0 aliphatic carbocycles. The van der Waals surface area contributed by atoms with Crippen LogP contribution in [-0.2, 0) is 4.79 Å². The van der Waals surface area contributed by atoms with E-state index in [4.69, 9.17) is 18.0 Å². The predicted octanol–water partition coefficient (Wildman–Crippen LogP) is -0.127. The molecule has 4 nitrogen and oxygen atoms in total. The Labute approximate surface area is 89.8 Å². The monoisotopic (exact) mass is 215 g/mol. The fourth-order valence-electron chi connectivity index (χ4n) is 1.79. The third kappa shape index (κ3) is 2.92. The highest BCUT2D eigenvalue weighted by Gasteiger charge is 2.26. The number of nitrogens with two attached hydrogens (primary N) is 1. The number of hydrogen-bond donors (Lipinski definition) is 2. The van der Waals surface area contributed by atoms with E-state index in [9.17, 15) is 4.79 Å². The molecule has 0 spiro atoms. The molecule has 0 bridgehead atoms. The average Bonchev–Trinajstić information content (AvgIpc) is 2.62. The van der Waals surface area contributed by atoms with Crippen LogP contribution in [0.2, 0.25) is 0 Å². The Hall–Kier alpha value is -0.680. The maximum atomic E-state index is 11.0. The first-order valence-corrected chi connectivity index (χ1v) is 5.30. The van der Waals surface area contributed by atoms with E-state index in [0.717, 1.165) is 25.9 Å². The van der Waals surface area contributed by atoms with Crippen molar-refractivity contribution in [3.05, 3.63) is 0 Å². The largest absolute Gasteiger partial charge is 0.392 e. The van der Waals surface area contributed by atoms with Crippen LogP contribution in [0.3, 0.4) is 0 Å². The van der Waals surface area contributed by atoms with Gasteiger partial charge < -0.3 is 11.1 Å². The number of nitrogens with zero attached hydrogens (tertiary/aromatic N) is 1. The van der Waals surface area contributed by atoms with E-state index in [2.05, 4.69) is 10.2 Å². The number of rotatable bonds is 4. The standard InChI is InChI=1S/C9H17N3OS/c1-11-8(13)4-6-12-5-2-3-7(12)9(10)14/h7H,2-6H2,1H3,(H2,10,14)(H,11,13). The SMILES string of the molecule is CNC(=O)CCN1CCCC1C(N)=S. The lowest BCUT2D eigenvalue weighted by molar-refractivity contribution is -0.120. The van der Waals surface area contributed by atoms with Crippen molar-refractivity contribution in [3.63, 3.8) is 0 Å².